The lowest BCUT2D eigenvalue weighted by molar-refractivity contribution is 0.0779. The van der Waals surface area contributed by atoms with E-state index in [9.17, 15) is 9.18 Å². The van der Waals surface area contributed by atoms with Crippen molar-refractivity contribution < 1.29 is 13.9 Å². The molecule has 1 atom stereocenters. The third-order valence-electron chi connectivity index (χ3n) is 2.77. The molecule has 0 N–H and O–H groups in total. The second-order valence-electron chi connectivity index (χ2n) is 4.20. The molecule has 104 valence electrons. The van der Waals surface area contributed by atoms with Crippen molar-refractivity contribution in [3.05, 3.63) is 59.1 Å². The number of halogens is 2. The van der Waals surface area contributed by atoms with Crippen LogP contribution in [0.3, 0.4) is 0 Å². The van der Waals surface area contributed by atoms with Crippen LogP contribution in [0.2, 0.25) is 5.02 Å². The summed E-state index contributed by atoms with van der Waals surface area (Å²) in [6, 6.07) is 7.40. The zero-order valence-electron chi connectivity index (χ0n) is 10.8. The van der Waals surface area contributed by atoms with Crippen LogP contribution in [0.5, 0.6) is 5.75 Å². The Balaban J connectivity index is 2.19. The summed E-state index contributed by atoms with van der Waals surface area (Å²) in [5, 5.41) is 0.279. The third kappa shape index (κ3) is 3.33. The molecule has 0 fully saturated rings. The van der Waals surface area contributed by atoms with Gasteiger partial charge in [-0.15, -0.1) is 0 Å². The van der Waals surface area contributed by atoms with Crippen LogP contribution < -0.4 is 4.74 Å². The number of carbonyl (C=O) groups is 1. The molecule has 1 unspecified atom stereocenters. The van der Waals surface area contributed by atoms with Gasteiger partial charge in [-0.1, -0.05) is 18.5 Å². The van der Waals surface area contributed by atoms with Crippen molar-refractivity contribution in [1.82, 2.24) is 4.98 Å². The average Bonchev–Trinajstić information content (AvgIpc) is 2.47. The maximum absolute atomic E-state index is 13.7. The predicted molar refractivity (Wildman–Crippen MR) is 74.7 cm³/mol. The van der Waals surface area contributed by atoms with E-state index >= 15 is 0 Å². The first-order valence-electron chi connectivity index (χ1n) is 6.17. The molecule has 0 bridgehead atoms. The summed E-state index contributed by atoms with van der Waals surface area (Å²) in [6.07, 6.45) is 2.72. The lowest BCUT2D eigenvalue weighted by Crippen LogP contribution is -2.27. The fourth-order valence-corrected chi connectivity index (χ4v) is 1.90. The van der Waals surface area contributed by atoms with Crippen LogP contribution in [0.4, 0.5) is 4.39 Å². The molecule has 0 saturated carbocycles. The molecule has 1 heterocycles. The Morgan fingerprint density at radius 2 is 2.25 bits per heavy atom. The SMILES string of the molecule is CCC(Oc1ccc(Cl)cc1F)C(=O)c1cccnc1. The largest absolute Gasteiger partial charge is 0.479 e. The van der Waals surface area contributed by atoms with Crippen molar-refractivity contribution in [2.24, 2.45) is 0 Å². The predicted octanol–water partition coefficient (Wildman–Crippen LogP) is 3.91. The molecular weight excluding hydrogens is 281 g/mol. The second kappa shape index (κ2) is 6.48. The number of aromatic nitrogens is 1. The van der Waals surface area contributed by atoms with Crippen molar-refractivity contribution in [1.29, 1.82) is 0 Å². The van der Waals surface area contributed by atoms with Crippen molar-refractivity contribution in [2.75, 3.05) is 0 Å². The van der Waals surface area contributed by atoms with Gasteiger partial charge in [0.2, 0.25) is 5.78 Å². The molecular formula is C15H13ClFNO2. The second-order valence-corrected chi connectivity index (χ2v) is 4.63. The number of pyridine rings is 1. The number of ether oxygens (including phenoxy) is 1. The number of nitrogens with zero attached hydrogens (tertiary/aromatic N) is 1. The summed E-state index contributed by atoms with van der Waals surface area (Å²) in [7, 11) is 0. The standard InChI is InChI=1S/C15H13ClFNO2/c1-2-13(15(19)10-4-3-7-18-9-10)20-14-6-5-11(16)8-12(14)17/h3-9,13H,2H2,1H3. The smallest absolute Gasteiger partial charge is 0.204 e. The summed E-state index contributed by atoms with van der Waals surface area (Å²) in [6.45, 7) is 1.80. The van der Waals surface area contributed by atoms with Crippen LogP contribution in [-0.2, 0) is 0 Å². The molecule has 0 aliphatic carbocycles. The topological polar surface area (TPSA) is 39.2 Å². The van der Waals surface area contributed by atoms with Crippen molar-refractivity contribution >= 4 is 17.4 Å². The molecule has 2 rings (SSSR count). The highest BCUT2D eigenvalue weighted by Crippen LogP contribution is 2.23. The van der Waals surface area contributed by atoms with E-state index in [1.165, 1.54) is 18.3 Å². The van der Waals surface area contributed by atoms with Gasteiger partial charge in [0, 0.05) is 23.0 Å². The van der Waals surface area contributed by atoms with Gasteiger partial charge in [0.05, 0.1) is 0 Å². The minimum Gasteiger partial charge on any atom is -0.479 e. The molecule has 0 aliphatic rings. The van der Waals surface area contributed by atoms with E-state index in [2.05, 4.69) is 4.98 Å². The maximum atomic E-state index is 13.7. The van der Waals surface area contributed by atoms with E-state index in [0.29, 0.717) is 12.0 Å². The first-order valence-corrected chi connectivity index (χ1v) is 6.55. The van der Waals surface area contributed by atoms with Crippen LogP contribution in [-0.4, -0.2) is 16.9 Å². The zero-order valence-corrected chi connectivity index (χ0v) is 11.6. The Morgan fingerprint density at radius 3 is 2.85 bits per heavy atom. The number of rotatable bonds is 5. The fraction of sp³-hybridized carbons (Fsp3) is 0.200. The lowest BCUT2D eigenvalue weighted by Gasteiger charge is -2.16. The Morgan fingerprint density at radius 1 is 1.45 bits per heavy atom. The van der Waals surface area contributed by atoms with E-state index < -0.39 is 11.9 Å². The van der Waals surface area contributed by atoms with Crippen molar-refractivity contribution in [3.63, 3.8) is 0 Å². The Labute approximate surface area is 121 Å². The monoisotopic (exact) mass is 293 g/mol. The minimum absolute atomic E-state index is 0.0125. The highest BCUT2D eigenvalue weighted by atomic mass is 35.5. The maximum Gasteiger partial charge on any atom is 0.204 e. The van der Waals surface area contributed by atoms with Gasteiger partial charge in [0.25, 0.3) is 0 Å². The summed E-state index contributed by atoms with van der Waals surface area (Å²) in [5.41, 5.74) is 0.439. The van der Waals surface area contributed by atoms with Gasteiger partial charge in [-0.2, -0.15) is 0 Å². The normalized spacial score (nSPS) is 11.9. The molecule has 20 heavy (non-hydrogen) atoms. The molecule has 2 aromatic rings. The summed E-state index contributed by atoms with van der Waals surface area (Å²) >= 11 is 5.68. The summed E-state index contributed by atoms with van der Waals surface area (Å²) in [5.74, 6) is -0.802. The zero-order chi connectivity index (χ0) is 14.5. The van der Waals surface area contributed by atoms with Gasteiger partial charge in [-0.25, -0.2) is 4.39 Å². The highest BCUT2D eigenvalue weighted by molar-refractivity contribution is 6.30. The number of ketones is 1. The highest BCUT2D eigenvalue weighted by Gasteiger charge is 2.21. The molecule has 0 aliphatic heterocycles. The molecule has 5 heteroatoms. The Bertz CT molecular complexity index is 604. The Hall–Kier alpha value is -1.94. The first kappa shape index (κ1) is 14.5. The number of benzene rings is 1. The summed E-state index contributed by atoms with van der Waals surface area (Å²) in [4.78, 5) is 16.1. The van der Waals surface area contributed by atoms with Crippen molar-refractivity contribution in [2.45, 2.75) is 19.4 Å². The van der Waals surface area contributed by atoms with Crippen molar-refractivity contribution in [3.8, 4) is 5.75 Å². The number of hydrogen-bond acceptors (Lipinski definition) is 3. The fourth-order valence-electron chi connectivity index (χ4n) is 1.74. The van der Waals surface area contributed by atoms with Gasteiger partial charge in [-0.05, 0) is 36.8 Å². The molecule has 1 aromatic heterocycles. The van der Waals surface area contributed by atoms with E-state index in [1.54, 1.807) is 25.3 Å². The molecule has 0 amide bonds. The molecule has 0 radical (unpaired) electrons. The van der Waals surface area contributed by atoms with E-state index in [4.69, 9.17) is 16.3 Å². The molecule has 0 saturated heterocycles. The summed E-state index contributed by atoms with van der Waals surface area (Å²) < 4.78 is 19.1. The van der Waals surface area contributed by atoms with Crippen LogP contribution >= 0.6 is 11.6 Å². The van der Waals surface area contributed by atoms with E-state index in [-0.39, 0.29) is 16.6 Å². The average molecular weight is 294 g/mol. The molecule has 3 nitrogen and oxygen atoms in total. The van der Waals surface area contributed by atoms with E-state index in [1.807, 2.05) is 0 Å². The van der Waals surface area contributed by atoms with Crippen LogP contribution in [0.1, 0.15) is 23.7 Å². The number of Topliss-reactive ketones (excluding diaryl/α,β-unsaturated/α-hetero) is 1. The van der Waals surface area contributed by atoms with Gasteiger partial charge in [0.15, 0.2) is 17.7 Å². The third-order valence-corrected chi connectivity index (χ3v) is 3.01. The lowest BCUT2D eigenvalue weighted by atomic mass is 10.1. The quantitative estimate of drug-likeness (QED) is 0.785. The van der Waals surface area contributed by atoms with Gasteiger partial charge in [0.1, 0.15) is 0 Å². The van der Waals surface area contributed by atoms with Crippen LogP contribution in [0.25, 0.3) is 0 Å². The van der Waals surface area contributed by atoms with Gasteiger partial charge in [-0.3, -0.25) is 9.78 Å². The Kier molecular flexibility index (Phi) is 4.69. The molecule has 0 spiro atoms. The van der Waals surface area contributed by atoms with Crippen LogP contribution in [0.15, 0.2) is 42.7 Å². The van der Waals surface area contributed by atoms with Crippen LogP contribution in [0, 0.1) is 5.82 Å². The first-order chi connectivity index (χ1) is 9.61. The number of carbonyl (C=O) groups excluding carboxylic acids is 1. The molecule has 1 aromatic carbocycles. The van der Waals surface area contributed by atoms with Gasteiger partial charge >= 0.3 is 0 Å². The van der Waals surface area contributed by atoms with Gasteiger partial charge < -0.3 is 4.74 Å². The number of hydrogen-bond donors (Lipinski definition) is 0. The van der Waals surface area contributed by atoms with E-state index in [0.717, 1.165) is 6.07 Å². The minimum atomic E-state index is -0.755.